The monoisotopic (exact) mass is 690 g/mol. The molecule has 0 unspecified atom stereocenters. The molecule has 0 radical (unpaired) electrons. The summed E-state index contributed by atoms with van der Waals surface area (Å²) < 4.78 is 28.0. The van der Waals surface area contributed by atoms with Gasteiger partial charge in [0, 0.05) is 29.6 Å². The first-order valence-electron chi connectivity index (χ1n) is 16.7. The Balaban J connectivity index is 1.06. The number of primary amides is 1. The van der Waals surface area contributed by atoms with Crippen LogP contribution in [-0.4, -0.2) is 82.3 Å². The number of nitrogens with zero attached hydrogens (tertiary/aromatic N) is 5. The fraction of sp³-hybridized carbons (Fsp3) is 0.441. The van der Waals surface area contributed by atoms with Gasteiger partial charge in [0.2, 0.25) is 0 Å². The van der Waals surface area contributed by atoms with E-state index in [1.807, 2.05) is 19.1 Å². The lowest BCUT2D eigenvalue weighted by molar-refractivity contribution is 0.0107. The summed E-state index contributed by atoms with van der Waals surface area (Å²) in [5, 5.41) is 7.64. The Kier molecular flexibility index (Phi) is 9.01. The maximum absolute atomic E-state index is 14.8. The summed E-state index contributed by atoms with van der Waals surface area (Å²) in [6.07, 6.45) is 6.36. The van der Waals surface area contributed by atoms with Crippen LogP contribution in [0.15, 0.2) is 36.7 Å². The van der Waals surface area contributed by atoms with Gasteiger partial charge >= 0.3 is 6.09 Å². The number of aromatic nitrogens is 3. The highest BCUT2D eigenvalue weighted by molar-refractivity contribution is 7.14. The van der Waals surface area contributed by atoms with Crippen LogP contribution in [0.5, 0.6) is 5.75 Å². The van der Waals surface area contributed by atoms with Gasteiger partial charge in [-0.2, -0.15) is 5.10 Å². The van der Waals surface area contributed by atoms with E-state index in [9.17, 15) is 18.8 Å². The molecule has 3 amide bonds. The SMILES string of the molecule is CCCCOC(=O)N1CC(Oc2cc(C3CC3)sc2C(=O)N[C@@H]2CCCN(c3cc(-c4ccc(C(N)=O)c(F)c4)n4ncnc(N)c34)C2)C1. The minimum Gasteiger partial charge on any atom is -0.485 e. The van der Waals surface area contributed by atoms with E-state index in [1.165, 1.54) is 29.8 Å². The summed E-state index contributed by atoms with van der Waals surface area (Å²) in [6, 6.07) is 7.91. The van der Waals surface area contributed by atoms with Crippen LogP contribution in [0.3, 0.4) is 0 Å². The number of fused-ring (bicyclic) bond motifs is 1. The predicted molar refractivity (Wildman–Crippen MR) is 183 cm³/mol. The Labute approximate surface area is 286 Å². The number of carbonyl (C=O) groups is 3. The third kappa shape index (κ3) is 6.71. The molecule has 1 aliphatic carbocycles. The van der Waals surface area contributed by atoms with Gasteiger partial charge in [-0.1, -0.05) is 19.4 Å². The number of amides is 3. The van der Waals surface area contributed by atoms with E-state index in [1.54, 1.807) is 15.5 Å². The number of nitrogens with two attached hydrogens (primary N) is 2. The average Bonchev–Trinajstić information content (AvgIpc) is 3.70. The van der Waals surface area contributed by atoms with Crippen LogP contribution in [0.25, 0.3) is 16.8 Å². The molecule has 4 aromatic rings. The van der Waals surface area contributed by atoms with Gasteiger partial charge in [0.1, 0.15) is 34.4 Å². The van der Waals surface area contributed by atoms with Crippen molar-refractivity contribution in [1.82, 2.24) is 24.8 Å². The molecule has 7 rings (SSSR count). The van der Waals surface area contributed by atoms with Crippen LogP contribution in [0.4, 0.5) is 20.7 Å². The van der Waals surface area contributed by atoms with E-state index in [-0.39, 0.29) is 35.5 Å². The van der Waals surface area contributed by atoms with Gasteiger partial charge in [-0.25, -0.2) is 18.7 Å². The van der Waals surface area contributed by atoms with Crippen molar-refractivity contribution in [2.45, 2.75) is 63.5 Å². The smallest absolute Gasteiger partial charge is 0.410 e. The topological polar surface area (TPSA) is 170 Å². The van der Waals surface area contributed by atoms with E-state index in [4.69, 9.17) is 20.9 Å². The largest absolute Gasteiger partial charge is 0.485 e. The Morgan fingerprint density at radius 3 is 2.67 bits per heavy atom. The zero-order valence-corrected chi connectivity index (χ0v) is 28.0. The number of thiophene rings is 1. The number of halogens is 1. The van der Waals surface area contributed by atoms with Crippen molar-refractivity contribution >= 4 is 46.3 Å². The third-order valence-corrected chi connectivity index (χ3v) is 10.5. The minimum atomic E-state index is -0.850. The Morgan fingerprint density at radius 1 is 1.12 bits per heavy atom. The van der Waals surface area contributed by atoms with Gasteiger partial charge < -0.3 is 36.1 Å². The number of nitrogens with one attached hydrogen (secondary N) is 1. The third-order valence-electron chi connectivity index (χ3n) is 9.22. The fourth-order valence-corrected chi connectivity index (χ4v) is 7.54. The quantitative estimate of drug-likeness (QED) is 0.191. The molecule has 13 nitrogen and oxygen atoms in total. The van der Waals surface area contributed by atoms with Crippen molar-refractivity contribution in [2.24, 2.45) is 5.73 Å². The number of anilines is 2. The normalized spacial score (nSPS) is 18.0. The molecule has 1 saturated carbocycles. The molecule has 5 heterocycles. The van der Waals surface area contributed by atoms with Gasteiger partial charge in [0.15, 0.2) is 5.82 Å². The molecule has 2 aliphatic heterocycles. The summed E-state index contributed by atoms with van der Waals surface area (Å²) in [4.78, 5) is 47.3. The first-order chi connectivity index (χ1) is 23.7. The molecule has 3 fully saturated rings. The molecule has 0 bridgehead atoms. The van der Waals surface area contributed by atoms with Crippen molar-refractivity contribution in [3.05, 3.63) is 57.8 Å². The molecule has 1 aromatic carbocycles. The second-order valence-corrected chi connectivity index (χ2v) is 14.0. The summed E-state index contributed by atoms with van der Waals surface area (Å²) >= 11 is 1.48. The van der Waals surface area contributed by atoms with Crippen molar-refractivity contribution in [3.63, 3.8) is 0 Å². The van der Waals surface area contributed by atoms with E-state index in [0.29, 0.717) is 66.1 Å². The first kappa shape index (κ1) is 32.6. The highest BCUT2D eigenvalue weighted by Gasteiger charge is 2.36. The van der Waals surface area contributed by atoms with Crippen LogP contribution in [0.2, 0.25) is 0 Å². The number of hydrogen-bond acceptors (Lipinski definition) is 10. The summed E-state index contributed by atoms with van der Waals surface area (Å²) in [5.41, 5.74) is 13.8. The van der Waals surface area contributed by atoms with Crippen molar-refractivity contribution in [2.75, 3.05) is 43.4 Å². The molecule has 1 atom stereocenters. The van der Waals surface area contributed by atoms with Crippen LogP contribution in [0.1, 0.15) is 76.3 Å². The van der Waals surface area contributed by atoms with Crippen LogP contribution in [0, 0.1) is 5.82 Å². The lowest BCUT2D eigenvalue weighted by Gasteiger charge is -2.38. The van der Waals surface area contributed by atoms with Gasteiger partial charge in [-0.05, 0) is 62.3 Å². The number of benzene rings is 1. The Hall–Kier alpha value is -4.92. The zero-order chi connectivity index (χ0) is 34.2. The first-order valence-corrected chi connectivity index (χ1v) is 17.5. The fourth-order valence-electron chi connectivity index (χ4n) is 6.38. The highest BCUT2D eigenvalue weighted by atomic mass is 32.1. The molecule has 5 N–H and O–H groups in total. The molecule has 258 valence electrons. The number of hydrogen-bond donors (Lipinski definition) is 3. The lowest BCUT2D eigenvalue weighted by atomic mass is 10.0. The number of carbonyl (C=O) groups excluding carboxylic acids is 3. The van der Waals surface area contributed by atoms with Crippen molar-refractivity contribution in [1.29, 1.82) is 0 Å². The number of unbranched alkanes of at least 4 members (excludes halogenated alkanes) is 1. The van der Waals surface area contributed by atoms with Crippen LogP contribution < -0.4 is 26.4 Å². The van der Waals surface area contributed by atoms with E-state index in [0.717, 1.165) is 49.1 Å². The van der Waals surface area contributed by atoms with Gasteiger partial charge in [0.25, 0.3) is 11.8 Å². The average molecular weight is 691 g/mol. The maximum atomic E-state index is 14.8. The van der Waals surface area contributed by atoms with E-state index in [2.05, 4.69) is 20.3 Å². The number of nitrogen functional groups attached to an aromatic ring is 1. The molecule has 15 heteroatoms. The second kappa shape index (κ2) is 13.5. The summed E-state index contributed by atoms with van der Waals surface area (Å²) in [6.45, 7) is 4.49. The molecule has 0 spiro atoms. The summed E-state index contributed by atoms with van der Waals surface area (Å²) in [7, 11) is 0. The predicted octanol–water partition coefficient (Wildman–Crippen LogP) is 4.55. The van der Waals surface area contributed by atoms with E-state index >= 15 is 0 Å². The lowest BCUT2D eigenvalue weighted by Crippen LogP contribution is -2.56. The number of rotatable bonds is 11. The Bertz CT molecular complexity index is 1900. The molecule has 49 heavy (non-hydrogen) atoms. The Morgan fingerprint density at radius 2 is 1.94 bits per heavy atom. The van der Waals surface area contributed by atoms with Gasteiger partial charge in [0.05, 0.1) is 36.6 Å². The van der Waals surface area contributed by atoms with E-state index < -0.39 is 11.7 Å². The second-order valence-electron chi connectivity index (χ2n) is 12.9. The number of ether oxygens (including phenoxy) is 2. The van der Waals surface area contributed by atoms with Crippen LogP contribution >= 0.6 is 11.3 Å². The maximum Gasteiger partial charge on any atom is 0.410 e. The molecular formula is C34H39FN8O5S. The van der Waals surface area contributed by atoms with Gasteiger partial charge in [-0.3, -0.25) is 9.59 Å². The number of piperidine rings is 1. The van der Waals surface area contributed by atoms with Crippen LogP contribution in [-0.2, 0) is 4.74 Å². The highest BCUT2D eigenvalue weighted by Crippen LogP contribution is 2.46. The molecule has 3 aromatic heterocycles. The van der Waals surface area contributed by atoms with Crippen molar-refractivity contribution < 1.29 is 28.2 Å². The summed E-state index contributed by atoms with van der Waals surface area (Å²) in [5.74, 6) is -0.500. The number of likely N-dealkylation sites (tertiary alicyclic amines) is 1. The molecule has 3 aliphatic rings. The van der Waals surface area contributed by atoms with Gasteiger partial charge in [-0.15, -0.1) is 11.3 Å². The molecule has 2 saturated heterocycles. The molecular weight excluding hydrogens is 651 g/mol. The zero-order valence-electron chi connectivity index (χ0n) is 27.2. The minimum absolute atomic E-state index is 0.172. The van der Waals surface area contributed by atoms with Crippen molar-refractivity contribution in [3.8, 4) is 17.0 Å². The standard InChI is InChI=1S/C34H39FN8O5S/c1-2-3-11-47-34(46)42-16-22(17-42)48-27-14-28(19-6-7-19)49-30(27)33(45)40-21-5-4-10-41(15-21)26-13-25(43-29(26)31(36)38-18-39-43)20-8-9-23(32(37)44)24(35)12-20/h8-9,12-14,18-19,21-22H,2-7,10-11,15-17H2,1H3,(H2,37,44)(H,40,45)(H2,36,38,39)/t21-/m1/s1.